The van der Waals surface area contributed by atoms with Crippen molar-refractivity contribution in [1.29, 1.82) is 0 Å². The molecule has 0 fully saturated rings. The second-order valence-corrected chi connectivity index (χ2v) is 5.74. The molecule has 0 aliphatic rings. The molecule has 0 saturated heterocycles. The van der Waals surface area contributed by atoms with E-state index in [-0.39, 0.29) is 5.69 Å². The van der Waals surface area contributed by atoms with E-state index in [1.54, 1.807) is 6.07 Å². The van der Waals surface area contributed by atoms with Crippen molar-refractivity contribution < 1.29 is 9.66 Å². The number of nitrogens with zero attached hydrogens (tertiary/aromatic N) is 1. The fraction of sp³-hybridized carbons (Fsp3) is 0.188. The molecule has 6 nitrogen and oxygen atoms in total. The number of anilines is 1. The fourth-order valence-electron chi connectivity index (χ4n) is 2.03. The van der Waals surface area contributed by atoms with E-state index in [2.05, 4.69) is 10.6 Å². The van der Waals surface area contributed by atoms with Crippen molar-refractivity contribution in [3.05, 3.63) is 63.2 Å². The summed E-state index contributed by atoms with van der Waals surface area (Å²) in [4.78, 5) is 10.3. The van der Waals surface area contributed by atoms with Gasteiger partial charge in [-0.15, -0.1) is 0 Å². The number of halogens is 1. The number of benzene rings is 2. The first-order valence-corrected chi connectivity index (χ1v) is 7.90. The molecule has 0 aliphatic heterocycles. The molecule has 0 aromatic heterocycles. The molecule has 2 rings (SSSR count). The molecular weight excluding hydrogens is 350 g/mol. The van der Waals surface area contributed by atoms with Gasteiger partial charge in [0.05, 0.1) is 23.8 Å². The number of methoxy groups -OCH3 is 1. The van der Waals surface area contributed by atoms with E-state index < -0.39 is 4.92 Å². The molecule has 0 spiro atoms. The number of non-ortho nitro benzene ring substituents is 1. The summed E-state index contributed by atoms with van der Waals surface area (Å²) in [6.45, 7) is 0.642. The molecule has 2 aromatic rings. The quantitative estimate of drug-likeness (QED) is 0.461. The van der Waals surface area contributed by atoms with E-state index in [0.29, 0.717) is 28.1 Å². The fourth-order valence-corrected chi connectivity index (χ4v) is 2.37. The monoisotopic (exact) mass is 365 g/mol. The Hall–Kier alpha value is -2.38. The van der Waals surface area contributed by atoms with Crippen molar-refractivity contribution in [2.45, 2.75) is 6.42 Å². The average molecular weight is 366 g/mol. The van der Waals surface area contributed by atoms with Crippen LogP contribution in [-0.4, -0.2) is 23.7 Å². The van der Waals surface area contributed by atoms with Crippen LogP contribution in [0.4, 0.5) is 11.4 Å². The minimum atomic E-state index is -0.477. The summed E-state index contributed by atoms with van der Waals surface area (Å²) in [5.74, 6) is 0.353. The molecule has 0 radical (unpaired) electrons. The lowest BCUT2D eigenvalue weighted by atomic mass is 10.1. The highest BCUT2D eigenvalue weighted by Gasteiger charge is 2.12. The van der Waals surface area contributed by atoms with E-state index >= 15 is 0 Å². The molecule has 24 heavy (non-hydrogen) atoms. The van der Waals surface area contributed by atoms with Gasteiger partial charge in [-0.1, -0.05) is 23.7 Å². The number of nitro groups is 1. The molecular formula is C16H16ClN3O3S. The summed E-state index contributed by atoms with van der Waals surface area (Å²) in [6, 6.07) is 11.9. The van der Waals surface area contributed by atoms with Crippen LogP contribution < -0.4 is 15.4 Å². The summed E-state index contributed by atoms with van der Waals surface area (Å²) in [5, 5.41) is 18.0. The van der Waals surface area contributed by atoms with Crippen molar-refractivity contribution in [3.8, 4) is 5.75 Å². The first-order valence-electron chi connectivity index (χ1n) is 7.11. The molecule has 8 heteroatoms. The maximum Gasteiger partial charge on any atom is 0.273 e. The summed E-state index contributed by atoms with van der Waals surface area (Å²) in [7, 11) is 1.45. The van der Waals surface area contributed by atoms with E-state index in [1.165, 1.54) is 19.2 Å². The number of nitro benzene ring substituents is 1. The van der Waals surface area contributed by atoms with Crippen LogP contribution in [0.15, 0.2) is 42.5 Å². The topological polar surface area (TPSA) is 76.4 Å². The maximum absolute atomic E-state index is 10.8. The minimum absolute atomic E-state index is 0.0426. The predicted molar refractivity (Wildman–Crippen MR) is 99.0 cm³/mol. The van der Waals surface area contributed by atoms with Crippen molar-refractivity contribution in [2.75, 3.05) is 19.0 Å². The molecule has 0 aliphatic carbocycles. The second kappa shape index (κ2) is 8.47. The lowest BCUT2D eigenvalue weighted by Crippen LogP contribution is -2.30. The zero-order valence-corrected chi connectivity index (χ0v) is 14.5. The number of ether oxygens (including phenoxy) is 1. The zero-order chi connectivity index (χ0) is 17.5. The van der Waals surface area contributed by atoms with Crippen molar-refractivity contribution in [1.82, 2.24) is 5.32 Å². The van der Waals surface area contributed by atoms with Crippen molar-refractivity contribution in [3.63, 3.8) is 0 Å². The van der Waals surface area contributed by atoms with E-state index in [0.717, 1.165) is 12.0 Å². The van der Waals surface area contributed by atoms with Crippen LogP contribution in [0.1, 0.15) is 5.56 Å². The van der Waals surface area contributed by atoms with Gasteiger partial charge in [-0.3, -0.25) is 10.1 Å². The predicted octanol–water partition coefficient (Wildman–Crippen LogP) is 3.79. The Morgan fingerprint density at radius 2 is 2.00 bits per heavy atom. The van der Waals surface area contributed by atoms with Crippen LogP contribution in [0.2, 0.25) is 5.02 Å². The number of nitrogens with one attached hydrogen (secondary N) is 2. The van der Waals surface area contributed by atoms with Crippen molar-refractivity contribution in [2.24, 2.45) is 0 Å². The van der Waals surface area contributed by atoms with Gasteiger partial charge in [0.1, 0.15) is 5.75 Å². The second-order valence-electron chi connectivity index (χ2n) is 4.90. The van der Waals surface area contributed by atoms with Crippen LogP contribution in [0.3, 0.4) is 0 Å². The number of rotatable bonds is 6. The third-order valence-corrected chi connectivity index (χ3v) is 3.75. The molecule has 126 valence electrons. The molecule has 0 unspecified atom stereocenters. The normalized spacial score (nSPS) is 10.1. The van der Waals surface area contributed by atoms with Crippen molar-refractivity contribution >= 4 is 40.3 Å². The Kier molecular flexibility index (Phi) is 6.34. The standard InChI is InChI=1S/C16H16ClN3O3S/c1-23-15-10-13(20(21)22)6-7-14(15)19-16(24)18-9-8-11-2-4-12(17)5-3-11/h2-7,10H,8-9H2,1H3,(H2,18,19,24). The van der Waals surface area contributed by atoms with Gasteiger partial charge in [0.25, 0.3) is 5.69 Å². The maximum atomic E-state index is 10.8. The Labute approximate surface area is 149 Å². The molecule has 2 aromatic carbocycles. The van der Waals surface area contributed by atoms with Crippen LogP contribution in [0.5, 0.6) is 5.75 Å². The molecule has 0 saturated carbocycles. The Bertz CT molecular complexity index is 738. The smallest absolute Gasteiger partial charge is 0.273 e. The van der Waals surface area contributed by atoms with E-state index in [4.69, 9.17) is 28.6 Å². The summed E-state index contributed by atoms with van der Waals surface area (Å²) in [5.41, 5.74) is 1.66. The Balaban J connectivity index is 1.90. The van der Waals surface area contributed by atoms with Gasteiger partial charge in [-0.05, 0) is 42.4 Å². The Morgan fingerprint density at radius 1 is 1.29 bits per heavy atom. The number of hydrogen-bond donors (Lipinski definition) is 2. The average Bonchev–Trinajstić information content (AvgIpc) is 2.56. The summed E-state index contributed by atoms with van der Waals surface area (Å²) in [6.07, 6.45) is 0.788. The number of thiocarbonyl (C=S) groups is 1. The molecule has 0 atom stereocenters. The molecule has 0 bridgehead atoms. The first-order chi connectivity index (χ1) is 11.5. The molecule has 2 N–H and O–H groups in total. The third kappa shape index (κ3) is 5.07. The highest BCUT2D eigenvalue weighted by atomic mass is 35.5. The molecule has 0 heterocycles. The van der Waals surface area contributed by atoms with Gasteiger partial charge in [-0.25, -0.2) is 0 Å². The first kappa shape index (κ1) is 18.0. The van der Waals surface area contributed by atoms with Gasteiger partial charge in [0, 0.05) is 17.6 Å². The van der Waals surface area contributed by atoms with Gasteiger partial charge in [-0.2, -0.15) is 0 Å². The zero-order valence-electron chi connectivity index (χ0n) is 12.9. The summed E-state index contributed by atoms with van der Waals surface area (Å²) >= 11 is 11.1. The molecule has 0 amide bonds. The number of hydrogen-bond acceptors (Lipinski definition) is 4. The largest absolute Gasteiger partial charge is 0.494 e. The van der Waals surface area contributed by atoms with Crippen LogP contribution in [0, 0.1) is 10.1 Å². The van der Waals surface area contributed by atoms with E-state index in [9.17, 15) is 10.1 Å². The van der Waals surface area contributed by atoms with Gasteiger partial charge in [0.2, 0.25) is 0 Å². The van der Waals surface area contributed by atoms with Gasteiger partial charge < -0.3 is 15.4 Å². The van der Waals surface area contributed by atoms with Crippen LogP contribution in [-0.2, 0) is 6.42 Å². The highest BCUT2D eigenvalue weighted by molar-refractivity contribution is 7.80. The van der Waals surface area contributed by atoms with E-state index in [1.807, 2.05) is 24.3 Å². The van der Waals surface area contributed by atoms with Crippen LogP contribution in [0.25, 0.3) is 0 Å². The van der Waals surface area contributed by atoms with Crippen LogP contribution >= 0.6 is 23.8 Å². The lowest BCUT2D eigenvalue weighted by molar-refractivity contribution is -0.384. The van der Waals surface area contributed by atoms with Gasteiger partial charge in [0.15, 0.2) is 5.11 Å². The lowest BCUT2D eigenvalue weighted by Gasteiger charge is -2.13. The SMILES string of the molecule is COc1cc([N+](=O)[O-])ccc1NC(=S)NCCc1ccc(Cl)cc1. The highest BCUT2D eigenvalue weighted by Crippen LogP contribution is 2.28. The summed E-state index contributed by atoms with van der Waals surface area (Å²) < 4.78 is 5.16. The third-order valence-electron chi connectivity index (χ3n) is 3.26. The Morgan fingerprint density at radius 3 is 2.62 bits per heavy atom. The van der Waals surface area contributed by atoms with Gasteiger partial charge >= 0.3 is 0 Å². The minimum Gasteiger partial charge on any atom is -0.494 e.